The number of hydrogen-bond donors (Lipinski definition) is 1. The fraction of sp³-hybridized carbons (Fsp3) is 0.647. The number of carbonyl (C=O) groups excluding carboxylic acids is 2. The van der Waals surface area contributed by atoms with Crippen molar-refractivity contribution < 1.29 is 18.7 Å². The van der Waals surface area contributed by atoms with E-state index in [-0.39, 0.29) is 5.91 Å². The molecule has 23 heavy (non-hydrogen) atoms. The molecule has 5 nitrogen and oxygen atoms in total. The fourth-order valence-corrected chi connectivity index (χ4v) is 3.67. The summed E-state index contributed by atoms with van der Waals surface area (Å²) in [4.78, 5) is 23.6. The van der Waals surface area contributed by atoms with Crippen LogP contribution < -0.4 is 5.32 Å². The maximum absolute atomic E-state index is 12.0. The zero-order valence-corrected chi connectivity index (χ0v) is 14.8. The fourth-order valence-electron chi connectivity index (χ4n) is 2.95. The van der Waals surface area contributed by atoms with Crippen LogP contribution in [0.1, 0.15) is 54.5 Å². The Morgan fingerprint density at radius 3 is 2.83 bits per heavy atom. The zero-order chi connectivity index (χ0) is 16.8. The number of ether oxygens (including phenoxy) is 1. The number of methoxy groups -OCH3 is 1. The highest BCUT2D eigenvalue weighted by atomic mass is 32.2. The second-order valence-electron chi connectivity index (χ2n) is 6.10. The number of esters is 1. The molecule has 0 aliphatic heterocycles. The van der Waals surface area contributed by atoms with Crippen LogP contribution in [0.25, 0.3) is 0 Å². The Hall–Kier alpha value is -1.43. The topological polar surface area (TPSA) is 68.5 Å². The lowest BCUT2D eigenvalue weighted by atomic mass is 9.86. The number of nitrogens with one attached hydrogen (secondary N) is 1. The third-order valence-electron chi connectivity index (χ3n) is 4.31. The van der Waals surface area contributed by atoms with Crippen molar-refractivity contribution in [2.24, 2.45) is 5.92 Å². The lowest BCUT2D eigenvalue weighted by Crippen LogP contribution is -2.41. The minimum Gasteiger partial charge on any atom is -0.465 e. The molecule has 2 atom stereocenters. The van der Waals surface area contributed by atoms with Crippen molar-refractivity contribution in [1.82, 2.24) is 5.32 Å². The Bertz CT molecular complexity index is 555. The predicted molar refractivity (Wildman–Crippen MR) is 90.5 cm³/mol. The van der Waals surface area contributed by atoms with Crippen LogP contribution in [-0.4, -0.2) is 30.8 Å². The molecule has 1 heterocycles. The SMILES string of the molecule is COC(=O)c1cc(CSCC(=O)N[C@H]2CCCC[C@@H]2C)oc1C. The summed E-state index contributed by atoms with van der Waals surface area (Å²) >= 11 is 1.49. The summed E-state index contributed by atoms with van der Waals surface area (Å²) < 4.78 is 10.2. The van der Waals surface area contributed by atoms with E-state index in [1.165, 1.54) is 38.1 Å². The van der Waals surface area contributed by atoms with Crippen LogP contribution in [0.2, 0.25) is 0 Å². The first-order chi connectivity index (χ1) is 11.0. The van der Waals surface area contributed by atoms with E-state index in [0.29, 0.717) is 40.5 Å². The monoisotopic (exact) mass is 339 g/mol. The van der Waals surface area contributed by atoms with E-state index in [4.69, 9.17) is 9.15 Å². The lowest BCUT2D eigenvalue weighted by Gasteiger charge is -2.29. The Morgan fingerprint density at radius 2 is 2.13 bits per heavy atom. The molecule has 1 amide bonds. The third kappa shape index (κ3) is 5.03. The molecule has 0 radical (unpaired) electrons. The number of aryl methyl sites for hydroxylation is 1. The van der Waals surface area contributed by atoms with Crippen molar-refractivity contribution in [3.05, 3.63) is 23.2 Å². The van der Waals surface area contributed by atoms with Crippen molar-refractivity contribution in [3.63, 3.8) is 0 Å². The van der Waals surface area contributed by atoms with E-state index in [9.17, 15) is 9.59 Å². The second kappa shape index (κ2) is 8.43. The van der Waals surface area contributed by atoms with Crippen molar-refractivity contribution in [1.29, 1.82) is 0 Å². The maximum Gasteiger partial charge on any atom is 0.341 e. The summed E-state index contributed by atoms with van der Waals surface area (Å²) in [6.07, 6.45) is 4.74. The molecule has 1 aromatic rings. The molecule has 0 saturated heterocycles. The molecule has 6 heteroatoms. The molecule has 0 aromatic carbocycles. The molecule has 2 rings (SSSR count). The van der Waals surface area contributed by atoms with Crippen LogP contribution >= 0.6 is 11.8 Å². The van der Waals surface area contributed by atoms with Gasteiger partial charge in [-0.1, -0.05) is 19.8 Å². The summed E-state index contributed by atoms with van der Waals surface area (Å²) in [6, 6.07) is 2.00. The Kier molecular flexibility index (Phi) is 6.57. The van der Waals surface area contributed by atoms with E-state index in [0.717, 1.165) is 6.42 Å². The van der Waals surface area contributed by atoms with Gasteiger partial charge in [-0.3, -0.25) is 4.79 Å². The van der Waals surface area contributed by atoms with Gasteiger partial charge in [-0.2, -0.15) is 0 Å². The number of carbonyl (C=O) groups is 2. The van der Waals surface area contributed by atoms with Gasteiger partial charge in [0.15, 0.2) is 0 Å². The summed E-state index contributed by atoms with van der Waals surface area (Å²) in [7, 11) is 1.35. The van der Waals surface area contributed by atoms with Crippen LogP contribution in [0.15, 0.2) is 10.5 Å². The van der Waals surface area contributed by atoms with Gasteiger partial charge in [0.25, 0.3) is 0 Å². The standard InChI is InChI=1S/C17H25NO4S/c1-11-6-4-5-7-15(11)18-16(19)10-23-9-13-8-14(12(2)22-13)17(20)21-3/h8,11,15H,4-7,9-10H2,1-3H3,(H,18,19)/t11-,15-/m0/s1. The summed E-state index contributed by atoms with van der Waals surface area (Å²) in [5.41, 5.74) is 0.448. The summed E-state index contributed by atoms with van der Waals surface area (Å²) in [5.74, 6) is 2.44. The average molecular weight is 339 g/mol. The number of thioether (sulfide) groups is 1. The van der Waals surface area contributed by atoms with Gasteiger partial charge in [0.05, 0.1) is 18.6 Å². The molecule has 0 spiro atoms. The minimum atomic E-state index is -0.397. The van der Waals surface area contributed by atoms with Gasteiger partial charge in [0.2, 0.25) is 5.91 Å². The Balaban J connectivity index is 1.76. The quantitative estimate of drug-likeness (QED) is 0.805. The molecule has 0 bridgehead atoms. The summed E-state index contributed by atoms with van der Waals surface area (Å²) in [6.45, 7) is 3.94. The Labute approximate surface area is 141 Å². The first kappa shape index (κ1) is 17.9. The van der Waals surface area contributed by atoms with Crippen molar-refractivity contribution in [3.8, 4) is 0 Å². The van der Waals surface area contributed by atoms with Gasteiger partial charge in [-0.25, -0.2) is 4.79 Å². The van der Waals surface area contributed by atoms with Gasteiger partial charge < -0.3 is 14.5 Å². The smallest absolute Gasteiger partial charge is 0.341 e. The average Bonchev–Trinajstić information content (AvgIpc) is 2.89. The molecule has 1 saturated carbocycles. The first-order valence-corrected chi connectivity index (χ1v) is 9.21. The number of amides is 1. The molecular formula is C17H25NO4S. The van der Waals surface area contributed by atoms with Gasteiger partial charge in [-0.05, 0) is 31.7 Å². The molecule has 1 fully saturated rings. The predicted octanol–water partition coefficient (Wildman–Crippen LogP) is 3.30. The van der Waals surface area contributed by atoms with Crippen LogP contribution in [0.3, 0.4) is 0 Å². The van der Waals surface area contributed by atoms with E-state index < -0.39 is 5.97 Å². The zero-order valence-electron chi connectivity index (χ0n) is 14.0. The number of rotatable bonds is 6. The summed E-state index contributed by atoms with van der Waals surface area (Å²) in [5, 5.41) is 3.13. The molecular weight excluding hydrogens is 314 g/mol. The van der Waals surface area contributed by atoms with Gasteiger partial charge >= 0.3 is 5.97 Å². The van der Waals surface area contributed by atoms with E-state index in [1.807, 2.05) is 0 Å². The van der Waals surface area contributed by atoms with Crippen LogP contribution in [0.4, 0.5) is 0 Å². The first-order valence-electron chi connectivity index (χ1n) is 8.06. The molecule has 128 valence electrons. The highest BCUT2D eigenvalue weighted by Gasteiger charge is 2.22. The van der Waals surface area contributed by atoms with Crippen LogP contribution in [-0.2, 0) is 15.3 Å². The molecule has 0 unspecified atom stereocenters. The lowest BCUT2D eigenvalue weighted by molar-refractivity contribution is -0.119. The third-order valence-corrected chi connectivity index (χ3v) is 5.26. The molecule has 1 aliphatic rings. The molecule has 1 aliphatic carbocycles. The molecule has 1 aromatic heterocycles. The van der Waals surface area contributed by atoms with Gasteiger partial charge in [0, 0.05) is 6.04 Å². The normalized spacial score (nSPS) is 21.0. The van der Waals surface area contributed by atoms with Crippen LogP contribution in [0, 0.1) is 12.8 Å². The second-order valence-corrected chi connectivity index (χ2v) is 7.09. The minimum absolute atomic E-state index is 0.0743. The van der Waals surface area contributed by atoms with E-state index in [2.05, 4.69) is 12.2 Å². The van der Waals surface area contributed by atoms with Crippen molar-refractivity contribution >= 4 is 23.6 Å². The van der Waals surface area contributed by atoms with Crippen molar-refractivity contribution in [2.45, 2.75) is 51.3 Å². The van der Waals surface area contributed by atoms with E-state index in [1.54, 1.807) is 13.0 Å². The largest absolute Gasteiger partial charge is 0.465 e. The van der Waals surface area contributed by atoms with E-state index >= 15 is 0 Å². The van der Waals surface area contributed by atoms with Crippen LogP contribution in [0.5, 0.6) is 0 Å². The van der Waals surface area contributed by atoms with Crippen molar-refractivity contribution in [2.75, 3.05) is 12.9 Å². The van der Waals surface area contributed by atoms with Gasteiger partial charge in [0.1, 0.15) is 17.1 Å². The highest BCUT2D eigenvalue weighted by molar-refractivity contribution is 7.99. The Morgan fingerprint density at radius 1 is 1.39 bits per heavy atom. The maximum atomic E-state index is 12.0. The number of hydrogen-bond acceptors (Lipinski definition) is 5. The highest BCUT2D eigenvalue weighted by Crippen LogP contribution is 2.24. The number of furan rings is 1. The molecule has 1 N–H and O–H groups in total. The van der Waals surface area contributed by atoms with Gasteiger partial charge in [-0.15, -0.1) is 11.8 Å².